The van der Waals surface area contributed by atoms with Gasteiger partial charge < -0.3 is 11.5 Å². The van der Waals surface area contributed by atoms with Crippen LogP contribution in [0.3, 0.4) is 0 Å². The molecule has 0 radical (unpaired) electrons. The molecule has 0 aliphatic heterocycles. The van der Waals surface area contributed by atoms with E-state index < -0.39 is 0 Å². The number of aromatic nitrogens is 3. The molecule has 82 valence electrons. The van der Waals surface area contributed by atoms with Gasteiger partial charge in [0.05, 0.1) is 0 Å². The van der Waals surface area contributed by atoms with Crippen LogP contribution in [0.4, 0.5) is 11.9 Å². The van der Waals surface area contributed by atoms with Crippen LogP contribution in [-0.2, 0) is 0 Å². The summed E-state index contributed by atoms with van der Waals surface area (Å²) in [6.45, 7) is 0. The lowest BCUT2D eigenvalue weighted by Crippen LogP contribution is -2.04. The first-order valence-corrected chi connectivity index (χ1v) is 5.83. The highest BCUT2D eigenvalue weighted by atomic mass is 32.2. The highest BCUT2D eigenvalue weighted by molar-refractivity contribution is 7.98. The molecule has 0 unspecified atom stereocenters. The minimum absolute atomic E-state index is 0.136. The fraction of sp³-hybridized carbons (Fsp3) is 0.100. The van der Waals surface area contributed by atoms with Gasteiger partial charge in [-0.1, -0.05) is 12.1 Å². The third kappa shape index (κ3) is 2.22. The molecule has 1 aromatic carbocycles. The van der Waals surface area contributed by atoms with Crippen LogP contribution < -0.4 is 11.5 Å². The van der Waals surface area contributed by atoms with Crippen molar-refractivity contribution in [2.24, 2.45) is 0 Å². The van der Waals surface area contributed by atoms with Gasteiger partial charge in [0.15, 0.2) is 5.82 Å². The largest absolute Gasteiger partial charge is 0.368 e. The van der Waals surface area contributed by atoms with Gasteiger partial charge in [-0.25, -0.2) is 0 Å². The molecule has 2 aromatic rings. The van der Waals surface area contributed by atoms with Crippen molar-refractivity contribution in [1.29, 1.82) is 0 Å². The summed E-state index contributed by atoms with van der Waals surface area (Å²) >= 11 is 1.68. The second-order valence-electron chi connectivity index (χ2n) is 3.10. The highest BCUT2D eigenvalue weighted by Gasteiger charge is 2.04. The van der Waals surface area contributed by atoms with Crippen LogP contribution in [0.5, 0.6) is 0 Å². The maximum Gasteiger partial charge on any atom is 0.225 e. The molecular formula is C10H11N5S. The average Bonchev–Trinajstić information content (AvgIpc) is 2.28. The summed E-state index contributed by atoms with van der Waals surface area (Å²) in [5.41, 5.74) is 11.9. The normalized spacial score (nSPS) is 10.3. The van der Waals surface area contributed by atoms with E-state index in [4.69, 9.17) is 11.5 Å². The average molecular weight is 233 g/mol. The Hall–Kier alpha value is -1.82. The van der Waals surface area contributed by atoms with Crippen molar-refractivity contribution in [3.8, 4) is 11.4 Å². The number of thioether (sulfide) groups is 1. The maximum absolute atomic E-state index is 5.51. The monoisotopic (exact) mass is 233 g/mol. The van der Waals surface area contributed by atoms with E-state index in [1.54, 1.807) is 11.8 Å². The van der Waals surface area contributed by atoms with Crippen LogP contribution >= 0.6 is 11.8 Å². The van der Waals surface area contributed by atoms with Crippen molar-refractivity contribution in [2.75, 3.05) is 17.7 Å². The fourth-order valence-electron chi connectivity index (χ4n) is 1.28. The third-order valence-electron chi connectivity index (χ3n) is 2.02. The van der Waals surface area contributed by atoms with E-state index in [-0.39, 0.29) is 11.9 Å². The first kappa shape index (κ1) is 10.7. The molecule has 0 spiro atoms. The standard InChI is InChI=1S/C10H11N5S/c1-16-7-4-2-6(3-5-7)8-13-9(11)15-10(12)14-8/h2-5H,1H3,(H4,11,12,13,14,15). The summed E-state index contributed by atoms with van der Waals surface area (Å²) in [4.78, 5) is 13.0. The van der Waals surface area contributed by atoms with E-state index in [2.05, 4.69) is 15.0 Å². The van der Waals surface area contributed by atoms with Crippen molar-refractivity contribution in [2.45, 2.75) is 4.90 Å². The number of hydrogen-bond acceptors (Lipinski definition) is 6. The Kier molecular flexibility index (Phi) is 2.91. The van der Waals surface area contributed by atoms with Crippen LogP contribution in [0.2, 0.25) is 0 Å². The molecule has 0 bridgehead atoms. The lowest BCUT2D eigenvalue weighted by Gasteiger charge is -2.02. The molecule has 0 atom stereocenters. The minimum atomic E-state index is 0.136. The van der Waals surface area contributed by atoms with Crippen molar-refractivity contribution in [3.63, 3.8) is 0 Å². The zero-order valence-corrected chi connectivity index (χ0v) is 9.53. The van der Waals surface area contributed by atoms with E-state index in [9.17, 15) is 0 Å². The number of benzene rings is 1. The van der Waals surface area contributed by atoms with Crippen LogP contribution in [0, 0.1) is 0 Å². The fourth-order valence-corrected chi connectivity index (χ4v) is 1.69. The number of nitrogens with zero attached hydrogens (tertiary/aromatic N) is 3. The smallest absolute Gasteiger partial charge is 0.225 e. The molecule has 0 saturated carbocycles. The lowest BCUT2D eigenvalue weighted by atomic mass is 10.2. The molecule has 0 aliphatic rings. The number of nitrogens with two attached hydrogens (primary N) is 2. The predicted molar refractivity (Wildman–Crippen MR) is 65.9 cm³/mol. The summed E-state index contributed by atoms with van der Waals surface area (Å²) < 4.78 is 0. The first-order valence-electron chi connectivity index (χ1n) is 4.60. The Morgan fingerprint density at radius 3 is 2.00 bits per heavy atom. The molecule has 0 amide bonds. The topological polar surface area (TPSA) is 90.7 Å². The number of rotatable bonds is 2. The Labute approximate surface area is 97.3 Å². The van der Waals surface area contributed by atoms with Crippen molar-refractivity contribution in [1.82, 2.24) is 15.0 Å². The zero-order valence-electron chi connectivity index (χ0n) is 8.71. The van der Waals surface area contributed by atoms with Gasteiger partial charge in [0.2, 0.25) is 11.9 Å². The molecule has 0 saturated heterocycles. The molecule has 0 aliphatic carbocycles. The van der Waals surface area contributed by atoms with Gasteiger partial charge in [0.25, 0.3) is 0 Å². The zero-order chi connectivity index (χ0) is 11.5. The van der Waals surface area contributed by atoms with Gasteiger partial charge in [-0.05, 0) is 18.4 Å². The molecule has 1 aromatic heterocycles. The predicted octanol–water partition coefficient (Wildman–Crippen LogP) is 1.42. The van der Waals surface area contributed by atoms with Crippen LogP contribution in [0.25, 0.3) is 11.4 Å². The third-order valence-corrected chi connectivity index (χ3v) is 2.76. The number of anilines is 2. The van der Waals surface area contributed by atoms with E-state index in [0.717, 1.165) is 5.56 Å². The van der Waals surface area contributed by atoms with Gasteiger partial charge >= 0.3 is 0 Å². The van der Waals surface area contributed by atoms with Gasteiger partial charge in [-0.2, -0.15) is 15.0 Å². The minimum Gasteiger partial charge on any atom is -0.368 e. The summed E-state index contributed by atoms with van der Waals surface area (Å²) in [5.74, 6) is 0.769. The van der Waals surface area contributed by atoms with E-state index in [1.807, 2.05) is 30.5 Å². The number of hydrogen-bond donors (Lipinski definition) is 2. The lowest BCUT2D eigenvalue weighted by molar-refractivity contribution is 1.09. The van der Waals surface area contributed by atoms with Gasteiger partial charge in [-0.15, -0.1) is 11.8 Å². The molecule has 1 heterocycles. The Morgan fingerprint density at radius 2 is 1.50 bits per heavy atom. The van der Waals surface area contributed by atoms with Crippen molar-refractivity contribution < 1.29 is 0 Å². The summed E-state index contributed by atoms with van der Waals surface area (Å²) in [6, 6.07) is 7.85. The number of nitrogen functional groups attached to an aromatic ring is 2. The molecule has 0 fully saturated rings. The van der Waals surface area contributed by atoms with E-state index in [0.29, 0.717) is 5.82 Å². The summed E-state index contributed by atoms with van der Waals surface area (Å²) in [6.07, 6.45) is 2.02. The van der Waals surface area contributed by atoms with Crippen LogP contribution in [-0.4, -0.2) is 21.2 Å². The Balaban J connectivity index is 2.42. The van der Waals surface area contributed by atoms with Gasteiger partial charge in [0, 0.05) is 10.5 Å². The summed E-state index contributed by atoms with van der Waals surface area (Å²) in [5, 5.41) is 0. The highest BCUT2D eigenvalue weighted by Crippen LogP contribution is 2.20. The van der Waals surface area contributed by atoms with Crippen LogP contribution in [0.1, 0.15) is 0 Å². The van der Waals surface area contributed by atoms with E-state index in [1.165, 1.54) is 4.90 Å². The van der Waals surface area contributed by atoms with Gasteiger partial charge in [-0.3, -0.25) is 0 Å². The summed E-state index contributed by atoms with van der Waals surface area (Å²) in [7, 11) is 0. The van der Waals surface area contributed by atoms with Gasteiger partial charge in [0.1, 0.15) is 0 Å². The first-order chi connectivity index (χ1) is 7.69. The van der Waals surface area contributed by atoms with Crippen molar-refractivity contribution in [3.05, 3.63) is 24.3 Å². The van der Waals surface area contributed by atoms with Crippen LogP contribution in [0.15, 0.2) is 29.2 Å². The maximum atomic E-state index is 5.51. The molecule has 6 heteroatoms. The molecule has 16 heavy (non-hydrogen) atoms. The Morgan fingerprint density at radius 1 is 0.938 bits per heavy atom. The molecule has 4 N–H and O–H groups in total. The Bertz CT molecular complexity index is 477. The SMILES string of the molecule is CSc1ccc(-c2nc(N)nc(N)n2)cc1. The second kappa shape index (κ2) is 4.36. The van der Waals surface area contributed by atoms with Crippen molar-refractivity contribution >= 4 is 23.7 Å². The molecule has 2 rings (SSSR count). The van der Waals surface area contributed by atoms with E-state index >= 15 is 0 Å². The molecule has 5 nitrogen and oxygen atoms in total. The quantitative estimate of drug-likeness (QED) is 0.762. The second-order valence-corrected chi connectivity index (χ2v) is 3.98. The molecular weight excluding hydrogens is 222 g/mol.